The van der Waals surface area contributed by atoms with E-state index in [0.717, 1.165) is 17.0 Å². The van der Waals surface area contributed by atoms with Crippen LogP contribution in [0.2, 0.25) is 5.02 Å². The number of aromatic nitrogens is 2. The van der Waals surface area contributed by atoms with E-state index in [1.165, 1.54) is 0 Å². The van der Waals surface area contributed by atoms with Gasteiger partial charge in [-0.2, -0.15) is 5.10 Å². The van der Waals surface area contributed by atoms with E-state index in [0.29, 0.717) is 54.6 Å². The summed E-state index contributed by atoms with van der Waals surface area (Å²) in [7, 11) is 1.85. The number of benzene rings is 1. The zero-order chi connectivity index (χ0) is 27.1. The highest BCUT2D eigenvalue weighted by Crippen LogP contribution is 2.24. The molecule has 0 bridgehead atoms. The first-order valence-electron chi connectivity index (χ1n) is 12.8. The van der Waals surface area contributed by atoms with Crippen LogP contribution in [0.15, 0.2) is 18.2 Å². The Morgan fingerprint density at radius 3 is 2.68 bits per heavy atom. The van der Waals surface area contributed by atoms with E-state index < -0.39 is 0 Å². The standard InChI is InChI=1S/C27H38ClN5O4/c1-17(2)12-21-16-37-24-9-8-20(28)13-23(24)27(36)29-10-6-7-11-33(15-25(34)30-21)26(35)14-22-18(3)31-32(5)19(22)4/h8-9,13,17,21H,6-7,10-12,14-16H2,1-5H3,(H,29,36)(H,30,34)/t21-/m1/s1. The van der Waals surface area contributed by atoms with Gasteiger partial charge in [-0.1, -0.05) is 25.4 Å². The van der Waals surface area contributed by atoms with Crippen LogP contribution in [0, 0.1) is 19.8 Å². The number of carbonyl (C=O) groups excluding carboxylic acids is 3. The number of hydrogen-bond acceptors (Lipinski definition) is 5. The van der Waals surface area contributed by atoms with Gasteiger partial charge in [0, 0.05) is 36.4 Å². The second kappa shape index (κ2) is 12.9. The van der Waals surface area contributed by atoms with E-state index in [-0.39, 0.29) is 43.3 Å². The van der Waals surface area contributed by atoms with E-state index in [1.54, 1.807) is 27.8 Å². The van der Waals surface area contributed by atoms with Crippen molar-refractivity contribution in [3.8, 4) is 5.75 Å². The lowest BCUT2D eigenvalue weighted by Crippen LogP contribution is -2.47. The minimum atomic E-state index is -0.288. The number of hydrogen-bond donors (Lipinski definition) is 2. The van der Waals surface area contributed by atoms with Crippen molar-refractivity contribution in [3.05, 3.63) is 45.7 Å². The molecule has 2 aromatic rings. The van der Waals surface area contributed by atoms with Crippen LogP contribution < -0.4 is 15.4 Å². The number of nitrogens with zero attached hydrogens (tertiary/aromatic N) is 3. The first-order valence-corrected chi connectivity index (χ1v) is 13.2. The van der Waals surface area contributed by atoms with Gasteiger partial charge in [0.05, 0.1) is 30.3 Å². The zero-order valence-corrected chi connectivity index (χ0v) is 23.2. The number of rotatable bonds is 4. The lowest BCUT2D eigenvalue weighted by atomic mass is 10.0. The number of aryl methyl sites for hydroxylation is 2. The molecule has 2 heterocycles. The van der Waals surface area contributed by atoms with Gasteiger partial charge in [-0.3, -0.25) is 19.1 Å². The van der Waals surface area contributed by atoms with Crippen LogP contribution in [-0.2, 0) is 23.1 Å². The van der Waals surface area contributed by atoms with E-state index in [2.05, 4.69) is 29.6 Å². The minimum absolute atomic E-state index is 0.0374. The highest BCUT2D eigenvalue weighted by atomic mass is 35.5. The number of ether oxygens (including phenoxy) is 1. The Balaban J connectivity index is 1.80. The van der Waals surface area contributed by atoms with Crippen molar-refractivity contribution in [2.45, 2.75) is 59.4 Å². The molecule has 1 atom stereocenters. The summed E-state index contributed by atoms with van der Waals surface area (Å²) in [5, 5.41) is 10.8. The molecule has 0 saturated heterocycles. The lowest BCUT2D eigenvalue weighted by molar-refractivity contribution is -0.136. The van der Waals surface area contributed by atoms with Gasteiger partial charge in [-0.25, -0.2) is 0 Å². The fourth-order valence-electron chi connectivity index (χ4n) is 4.53. The second-order valence-corrected chi connectivity index (χ2v) is 10.5. The Hall–Kier alpha value is -3.07. The predicted octanol–water partition coefficient (Wildman–Crippen LogP) is 3.19. The fraction of sp³-hybridized carbons (Fsp3) is 0.556. The SMILES string of the molecule is Cc1nn(C)c(C)c1CC(=O)N1CCCCNC(=O)c2cc(Cl)ccc2OC[C@@H](CC(C)C)NC(=O)C1. The maximum atomic E-state index is 13.3. The molecule has 202 valence electrons. The number of amides is 3. The van der Waals surface area contributed by atoms with Crippen molar-refractivity contribution < 1.29 is 19.1 Å². The van der Waals surface area contributed by atoms with Gasteiger partial charge in [0.1, 0.15) is 12.4 Å². The van der Waals surface area contributed by atoms with Crippen molar-refractivity contribution in [3.63, 3.8) is 0 Å². The summed E-state index contributed by atoms with van der Waals surface area (Å²) >= 11 is 6.14. The molecule has 9 nitrogen and oxygen atoms in total. The van der Waals surface area contributed by atoms with Crippen LogP contribution in [0.4, 0.5) is 0 Å². The summed E-state index contributed by atoms with van der Waals surface area (Å²) in [6, 6.07) is 4.65. The van der Waals surface area contributed by atoms with Gasteiger partial charge in [0.15, 0.2) is 0 Å². The van der Waals surface area contributed by atoms with Gasteiger partial charge >= 0.3 is 0 Å². The molecule has 0 spiro atoms. The maximum Gasteiger partial charge on any atom is 0.255 e. The van der Waals surface area contributed by atoms with Gasteiger partial charge < -0.3 is 20.3 Å². The summed E-state index contributed by atoms with van der Waals surface area (Å²) in [4.78, 5) is 40.9. The van der Waals surface area contributed by atoms with E-state index in [9.17, 15) is 14.4 Å². The normalized spacial score (nSPS) is 17.8. The lowest BCUT2D eigenvalue weighted by Gasteiger charge is -2.25. The summed E-state index contributed by atoms with van der Waals surface area (Å²) in [6.45, 7) is 8.95. The summed E-state index contributed by atoms with van der Waals surface area (Å²) < 4.78 is 7.77. The molecule has 37 heavy (non-hydrogen) atoms. The van der Waals surface area contributed by atoms with Gasteiger partial charge in [0.2, 0.25) is 11.8 Å². The molecule has 1 aliphatic heterocycles. The van der Waals surface area contributed by atoms with Crippen LogP contribution in [0.1, 0.15) is 60.4 Å². The number of nitrogens with one attached hydrogen (secondary N) is 2. The third-order valence-electron chi connectivity index (χ3n) is 6.56. The van der Waals surface area contributed by atoms with Gasteiger partial charge in [-0.05, 0) is 57.2 Å². The topological polar surface area (TPSA) is 106 Å². The highest BCUT2D eigenvalue weighted by molar-refractivity contribution is 6.31. The molecule has 0 unspecified atom stereocenters. The monoisotopic (exact) mass is 531 g/mol. The Kier molecular flexibility index (Phi) is 9.97. The maximum absolute atomic E-state index is 13.3. The van der Waals surface area contributed by atoms with Crippen LogP contribution in [-0.4, -0.2) is 64.7 Å². The number of halogens is 1. The quantitative estimate of drug-likeness (QED) is 0.630. The largest absolute Gasteiger partial charge is 0.491 e. The van der Waals surface area contributed by atoms with Crippen molar-refractivity contribution in [1.82, 2.24) is 25.3 Å². The second-order valence-electron chi connectivity index (χ2n) is 10.1. The molecule has 0 radical (unpaired) electrons. The van der Waals surface area contributed by atoms with Crippen LogP contribution in [0.5, 0.6) is 5.75 Å². The smallest absolute Gasteiger partial charge is 0.255 e. The zero-order valence-electron chi connectivity index (χ0n) is 22.4. The van der Waals surface area contributed by atoms with Crippen molar-refractivity contribution in [2.24, 2.45) is 13.0 Å². The van der Waals surface area contributed by atoms with E-state index >= 15 is 0 Å². The van der Waals surface area contributed by atoms with Crippen LogP contribution in [0.25, 0.3) is 0 Å². The van der Waals surface area contributed by atoms with E-state index in [4.69, 9.17) is 16.3 Å². The summed E-state index contributed by atoms with van der Waals surface area (Å²) in [6.07, 6.45) is 2.15. The first-order chi connectivity index (χ1) is 17.5. The number of fused-ring (bicyclic) bond motifs is 1. The molecule has 0 aliphatic carbocycles. The molecular formula is C27H38ClN5O4. The van der Waals surface area contributed by atoms with Gasteiger partial charge in [0.25, 0.3) is 5.91 Å². The fourth-order valence-corrected chi connectivity index (χ4v) is 4.71. The molecule has 3 rings (SSSR count). The average molecular weight is 532 g/mol. The molecule has 1 aliphatic rings. The Morgan fingerprint density at radius 1 is 1.24 bits per heavy atom. The third kappa shape index (κ3) is 7.95. The average Bonchev–Trinajstić information content (AvgIpc) is 3.06. The Bertz CT molecular complexity index is 1130. The number of carbonyl (C=O) groups is 3. The molecule has 10 heteroatoms. The Morgan fingerprint density at radius 2 is 2.00 bits per heavy atom. The van der Waals surface area contributed by atoms with Crippen molar-refractivity contribution in [1.29, 1.82) is 0 Å². The molecule has 0 saturated carbocycles. The van der Waals surface area contributed by atoms with Crippen molar-refractivity contribution >= 4 is 29.3 Å². The van der Waals surface area contributed by atoms with Crippen molar-refractivity contribution in [2.75, 3.05) is 26.2 Å². The molecule has 3 amide bonds. The predicted molar refractivity (Wildman–Crippen MR) is 143 cm³/mol. The highest BCUT2D eigenvalue weighted by Gasteiger charge is 2.24. The molecular weight excluding hydrogens is 494 g/mol. The Labute approximate surface area is 223 Å². The first kappa shape index (κ1) is 28.5. The molecule has 2 N–H and O–H groups in total. The summed E-state index contributed by atoms with van der Waals surface area (Å²) in [5.41, 5.74) is 2.99. The summed E-state index contributed by atoms with van der Waals surface area (Å²) in [5.74, 6) is 0.0911. The van der Waals surface area contributed by atoms with E-state index in [1.807, 2.05) is 20.9 Å². The minimum Gasteiger partial charge on any atom is -0.491 e. The van der Waals surface area contributed by atoms with Gasteiger partial charge in [-0.15, -0.1) is 0 Å². The molecule has 1 aromatic carbocycles. The third-order valence-corrected chi connectivity index (χ3v) is 6.80. The molecule has 1 aromatic heterocycles. The van der Waals surface area contributed by atoms with Crippen LogP contribution in [0.3, 0.4) is 0 Å². The molecule has 0 fully saturated rings. The van der Waals surface area contributed by atoms with Crippen LogP contribution >= 0.6 is 11.6 Å².